The molecule has 5 heteroatoms. The van der Waals surface area contributed by atoms with Crippen LogP contribution in [0.4, 0.5) is 0 Å². The maximum absolute atomic E-state index is 11.5. The normalized spacial score (nSPS) is 16.6. The lowest BCUT2D eigenvalue weighted by Gasteiger charge is -2.47. The van der Waals surface area contributed by atoms with Crippen molar-refractivity contribution in [3.63, 3.8) is 0 Å². The summed E-state index contributed by atoms with van der Waals surface area (Å²) in [6.45, 7) is 1.78. The molecular formula is C16H23BrN2O2. The van der Waals surface area contributed by atoms with Gasteiger partial charge in [0.05, 0.1) is 12.7 Å². The van der Waals surface area contributed by atoms with Crippen LogP contribution in [0.2, 0.25) is 0 Å². The van der Waals surface area contributed by atoms with E-state index in [-0.39, 0.29) is 5.97 Å². The van der Waals surface area contributed by atoms with Gasteiger partial charge in [-0.1, -0.05) is 22.0 Å². The molecule has 0 spiro atoms. The van der Waals surface area contributed by atoms with Gasteiger partial charge in [-0.25, -0.2) is 4.79 Å². The first-order valence-corrected chi connectivity index (χ1v) is 8.03. The van der Waals surface area contributed by atoms with E-state index >= 15 is 0 Å². The third-order valence-corrected chi connectivity index (χ3v) is 5.21. The predicted molar refractivity (Wildman–Crippen MR) is 87.5 cm³/mol. The van der Waals surface area contributed by atoms with Crippen LogP contribution in [0.1, 0.15) is 35.2 Å². The molecule has 1 fully saturated rings. The van der Waals surface area contributed by atoms with Crippen LogP contribution >= 0.6 is 15.9 Å². The molecule has 1 aliphatic rings. The predicted octanol–water partition coefficient (Wildman–Crippen LogP) is 2.81. The van der Waals surface area contributed by atoms with Crippen molar-refractivity contribution in [1.82, 2.24) is 10.2 Å². The van der Waals surface area contributed by atoms with Gasteiger partial charge in [0.15, 0.2) is 0 Å². The molecule has 0 amide bonds. The number of esters is 1. The van der Waals surface area contributed by atoms with Gasteiger partial charge in [-0.05, 0) is 51.1 Å². The van der Waals surface area contributed by atoms with Crippen LogP contribution in [0.25, 0.3) is 0 Å². The summed E-state index contributed by atoms with van der Waals surface area (Å²) in [5.41, 5.74) is 2.03. The Hall–Kier alpha value is -0.910. The third kappa shape index (κ3) is 3.65. The largest absolute Gasteiger partial charge is 0.465 e. The van der Waals surface area contributed by atoms with Crippen molar-refractivity contribution in [2.24, 2.45) is 0 Å². The second-order valence-electron chi connectivity index (χ2n) is 5.87. The standard InChI is InChI=1S/C16H23BrN2O2/c1-19(2)16(7-4-8-16)11-18-10-13-6-5-12(9-14(13)17)15(20)21-3/h5-6,9,18H,4,7-8,10-11H2,1-3H3. The van der Waals surface area contributed by atoms with Crippen molar-refractivity contribution < 1.29 is 9.53 Å². The van der Waals surface area contributed by atoms with E-state index in [1.165, 1.54) is 26.4 Å². The molecule has 21 heavy (non-hydrogen) atoms. The fourth-order valence-corrected chi connectivity index (χ4v) is 3.25. The zero-order valence-corrected chi connectivity index (χ0v) is 14.5. The average Bonchev–Trinajstić information content (AvgIpc) is 2.41. The van der Waals surface area contributed by atoms with Gasteiger partial charge in [-0.3, -0.25) is 0 Å². The van der Waals surface area contributed by atoms with Crippen LogP contribution in [0, 0.1) is 0 Å². The van der Waals surface area contributed by atoms with Gasteiger partial charge in [0, 0.05) is 23.1 Å². The number of likely N-dealkylation sites (N-methyl/N-ethyl adjacent to an activating group) is 1. The molecule has 0 atom stereocenters. The van der Waals surface area contributed by atoms with Crippen LogP contribution in [0.3, 0.4) is 0 Å². The maximum atomic E-state index is 11.5. The van der Waals surface area contributed by atoms with E-state index in [1.54, 1.807) is 6.07 Å². The number of ether oxygens (including phenoxy) is 1. The Morgan fingerprint density at radius 3 is 2.62 bits per heavy atom. The number of carbonyl (C=O) groups excluding carboxylic acids is 1. The Morgan fingerprint density at radius 2 is 2.14 bits per heavy atom. The highest BCUT2D eigenvalue weighted by Gasteiger charge is 2.38. The zero-order chi connectivity index (χ0) is 15.5. The molecule has 0 bridgehead atoms. The monoisotopic (exact) mass is 354 g/mol. The molecule has 0 aliphatic heterocycles. The minimum atomic E-state index is -0.309. The molecule has 1 N–H and O–H groups in total. The van der Waals surface area contributed by atoms with Gasteiger partial charge < -0.3 is 15.0 Å². The summed E-state index contributed by atoms with van der Waals surface area (Å²) < 4.78 is 5.66. The molecule has 4 nitrogen and oxygen atoms in total. The van der Waals surface area contributed by atoms with Crippen molar-refractivity contribution in [2.75, 3.05) is 27.7 Å². The Morgan fingerprint density at radius 1 is 1.43 bits per heavy atom. The highest BCUT2D eigenvalue weighted by molar-refractivity contribution is 9.10. The van der Waals surface area contributed by atoms with E-state index < -0.39 is 0 Å². The van der Waals surface area contributed by atoms with Crippen molar-refractivity contribution in [3.8, 4) is 0 Å². The molecular weight excluding hydrogens is 332 g/mol. The number of halogens is 1. The molecule has 116 valence electrons. The minimum Gasteiger partial charge on any atom is -0.465 e. The topological polar surface area (TPSA) is 41.6 Å². The third-order valence-electron chi connectivity index (χ3n) is 4.48. The second kappa shape index (κ2) is 6.90. The van der Waals surface area contributed by atoms with Crippen LogP contribution in [0.15, 0.2) is 22.7 Å². The summed E-state index contributed by atoms with van der Waals surface area (Å²) in [4.78, 5) is 13.8. The molecule has 2 rings (SSSR count). The maximum Gasteiger partial charge on any atom is 0.337 e. The van der Waals surface area contributed by atoms with Gasteiger partial charge >= 0.3 is 5.97 Å². The number of benzene rings is 1. The first-order valence-electron chi connectivity index (χ1n) is 7.23. The smallest absolute Gasteiger partial charge is 0.337 e. The summed E-state index contributed by atoms with van der Waals surface area (Å²) in [5, 5.41) is 3.54. The summed E-state index contributed by atoms with van der Waals surface area (Å²) in [6, 6.07) is 5.58. The summed E-state index contributed by atoms with van der Waals surface area (Å²) >= 11 is 3.53. The summed E-state index contributed by atoms with van der Waals surface area (Å²) in [5.74, 6) is -0.309. The zero-order valence-electron chi connectivity index (χ0n) is 12.9. The van der Waals surface area contributed by atoms with Gasteiger partial charge in [0.1, 0.15) is 0 Å². The second-order valence-corrected chi connectivity index (χ2v) is 6.73. The fourth-order valence-electron chi connectivity index (χ4n) is 2.73. The number of carbonyl (C=O) groups is 1. The quantitative estimate of drug-likeness (QED) is 0.797. The molecule has 0 heterocycles. The van der Waals surface area contributed by atoms with Gasteiger partial charge in [0.2, 0.25) is 0 Å². The fraction of sp³-hybridized carbons (Fsp3) is 0.562. The molecule has 1 aliphatic carbocycles. The Labute approximate surface area is 135 Å². The first kappa shape index (κ1) is 16.5. The van der Waals surface area contributed by atoms with Crippen molar-refractivity contribution in [2.45, 2.75) is 31.3 Å². The van der Waals surface area contributed by atoms with Gasteiger partial charge in [-0.2, -0.15) is 0 Å². The minimum absolute atomic E-state index is 0.309. The molecule has 1 aromatic carbocycles. The number of methoxy groups -OCH3 is 1. The van der Waals surface area contributed by atoms with E-state index in [4.69, 9.17) is 4.74 Å². The first-order chi connectivity index (χ1) is 9.98. The number of hydrogen-bond donors (Lipinski definition) is 1. The number of rotatable bonds is 6. The van der Waals surface area contributed by atoms with E-state index in [1.807, 2.05) is 12.1 Å². The summed E-state index contributed by atoms with van der Waals surface area (Å²) in [7, 11) is 5.70. The highest BCUT2D eigenvalue weighted by atomic mass is 79.9. The molecule has 0 aromatic heterocycles. The number of nitrogens with zero attached hydrogens (tertiary/aromatic N) is 1. The van der Waals surface area contributed by atoms with Crippen molar-refractivity contribution in [3.05, 3.63) is 33.8 Å². The van der Waals surface area contributed by atoms with Gasteiger partial charge in [0.25, 0.3) is 0 Å². The lowest BCUT2D eigenvalue weighted by molar-refractivity contribution is 0.0598. The van der Waals surface area contributed by atoms with Crippen LogP contribution in [-0.2, 0) is 11.3 Å². The van der Waals surface area contributed by atoms with Crippen LogP contribution in [-0.4, -0.2) is 44.2 Å². The molecule has 0 saturated heterocycles. The van der Waals surface area contributed by atoms with E-state index in [0.29, 0.717) is 11.1 Å². The van der Waals surface area contributed by atoms with Gasteiger partial charge in [-0.15, -0.1) is 0 Å². The lowest BCUT2D eigenvalue weighted by Crippen LogP contribution is -2.56. The van der Waals surface area contributed by atoms with Crippen LogP contribution in [0.5, 0.6) is 0 Å². The molecule has 0 unspecified atom stereocenters. The Balaban J connectivity index is 1.93. The van der Waals surface area contributed by atoms with E-state index in [2.05, 4.69) is 40.2 Å². The lowest BCUT2D eigenvalue weighted by atomic mass is 9.75. The Kier molecular flexibility index (Phi) is 5.41. The van der Waals surface area contributed by atoms with E-state index in [0.717, 1.165) is 23.1 Å². The van der Waals surface area contributed by atoms with Crippen molar-refractivity contribution in [1.29, 1.82) is 0 Å². The summed E-state index contributed by atoms with van der Waals surface area (Å²) in [6.07, 6.45) is 3.84. The van der Waals surface area contributed by atoms with Crippen molar-refractivity contribution >= 4 is 21.9 Å². The molecule has 0 radical (unpaired) electrons. The number of hydrogen-bond acceptors (Lipinski definition) is 4. The number of nitrogens with one attached hydrogen (secondary N) is 1. The molecule has 1 aromatic rings. The van der Waals surface area contributed by atoms with Crippen LogP contribution < -0.4 is 5.32 Å². The Bertz CT molecular complexity index is 513. The SMILES string of the molecule is COC(=O)c1ccc(CNCC2(N(C)C)CCC2)c(Br)c1. The molecule has 1 saturated carbocycles. The highest BCUT2D eigenvalue weighted by Crippen LogP contribution is 2.35. The average molecular weight is 355 g/mol. The van der Waals surface area contributed by atoms with E-state index in [9.17, 15) is 4.79 Å².